The third-order valence-corrected chi connectivity index (χ3v) is 18.1. The molecule has 1 fully saturated rings. The summed E-state index contributed by atoms with van der Waals surface area (Å²) in [5.74, 6) is -14.6. The molecule has 588 valence electrons. The lowest BCUT2D eigenvalue weighted by Crippen LogP contribution is -2.61. The van der Waals surface area contributed by atoms with E-state index in [2.05, 4.69) is 99.9 Å². The number of aromatic amines is 1. The molecule has 0 bridgehead atoms. The van der Waals surface area contributed by atoms with Crippen LogP contribution >= 0.6 is 12.6 Å². The van der Waals surface area contributed by atoms with E-state index in [0.717, 1.165) is 32.5 Å². The summed E-state index contributed by atoms with van der Waals surface area (Å²) in [6.45, 7) is 8.08. The number of rotatable bonds is 43. The number of carboxylic acids is 1. The van der Waals surface area contributed by atoms with Crippen molar-refractivity contribution < 1.29 is 82.1 Å². The Bertz CT molecular complexity index is 3950. The maximum Gasteiger partial charge on any atom is 0.407 e. The number of H-pyrrole nitrogens is 1. The van der Waals surface area contributed by atoms with Gasteiger partial charge in [-0.25, -0.2) is 4.79 Å². The number of fused-ring (bicyclic) bond motifs is 4. The van der Waals surface area contributed by atoms with Crippen LogP contribution in [0.3, 0.4) is 0 Å². The third-order valence-electron chi connectivity index (χ3n) is 17.7. The molecule has 13 amide bonds. The minimum Gasteiger partial charge on any atom is -0.481 e. The maximum atomic E-state index is 14.4. The minimum absolute atomic E-state index is 0.00668. The molecule has 1 aromatic heterocycles. The van der Waals surface area contributed by atoms with Crippen LogP contribution in [0.1, 0.15) is 94.4 Å². The molecule has 37 nitrogen and oxygen atoms in total. The van der Waals surface area contributed by atoms with E-state index >= 15 is 0 Å². The average molecular weight is 1530 g/mol. The van der Waals surface area contributed by atoms with Crippen LogP contribution in [0, 0.1) is 10.8 Å². The highest BCUT2D eigenvalue weighted by Crippen LogP contribution is 2.44. The summed E-state index contributed by atoms with van der Waals surface area (Å²) in [6, 6.07) is 7.80. The molecule has 11 atom stereocenters. The smallest absolute Gasteiger partial charge is 0.407 e. The Balaban J connectivity index is 1.07. The van der Waals surface area contributed by atoms with Crippen molar-refractivity contribution in [2.45, 2.75) is 150 Å². The van der Waals surface area contributed by atoms with Gasteiger partial charge >= 0.3 is 12.1 Å². The van der Waals surface area contributed by atoms with Gasteiger partial charge in [-0.3, -0.25) is 73.1 Å². The molecule has 24 N–H and O–H groups in total. The molecule has 109 heavy (non-hydrogen) atoms. The fourth-order valence-electron chi connectivity index (χ4n) is 12.1. The van der Waals surface area contributed by atoms with Gasteiger partial charge in [0.15, 0.2) is 11.9 Å². The second kappa shape index (κ2) is 42.3. The quantitative estimate of drug-likeness (QED) is 0.00678. The maximum absolute atomic E-state index is 14.4. The van der Waals surface area contributed by atoms with Gasteiger partial charge in [0.2, 0.25) is 70.9 Å². The van der Waals surface area contributed by atoms with E-state index in [4.69, 9.17) is 32.8 Å². The van der Waals surface area contributed by atoms with Gasteiger partial charge < -0.3 is 111 Å². The lowest BCUT2D eigenvalue weighted by atomic mass is 9.98. The zero-order valence-electron chi connectivity index (χ0n) is 60.2. The van der Waals surface area contributed by atoms with Gasteiger partial charge in [-0.05, 0) is 105 Å². The number of aliphatic hydroxyl groups is 1. The standard InChI is InChI=1S/C71H96N20O17S/c1-5-16-47(83-56(93)33-79-71(107)108-35-45-43-21-10-8-19-41(43)42-20-9-11-22-44(42)45)62(100)90-54(36-109)66(104)89-53(34-92)65(103)88-52(32-57(94)95)68(106)91-29-15-26-55(91)67(105)86-50(25-14-28-78-70(75)76)63(101)84-48(17-6-2)60(98)81-38(4)59(97)87-51(31-40-30-39-18-7-12-23-46(39)82-40)64(102)85-49(24-13-27-77-69(73)74)61(99)80-37(3)58(72)96/h5-12,18-23,30,37-38,45,47-55,82,92,109H,1-2,13-17,24-29,31-36H2,3-4H3,(H2,72,96)(H,79,107)(H,80,99)(H,81,98)(H,83,93)(H,84,101)(H,85,102)(H,86,105)(H,87,97)(H,88,103)(H,89,104)(H,90,100)(H,94,95)(H4,73,74,77)(H4,75,76,78)/t37?,38-,47-,48-,49-,50-,51-,52-,53-,54-,55?/m0/s1. The van der Waals surface area contributed by atoms with Gasteiger partial charge in [-0.2, -0.15) is 12.6 Å². The number of carboxylic acid groups (broad SMARTS) is 1. The number of benzene rings is 3. The number of para-hydroxylation sites is 1. The Morgan fingerprint density at radius 1 is 0.606 bits per heavy atom. The molecule has 38 heteroatoms. The molecular formula is C71H96N20O17S. The van der Waals surface area contributed by atoms with E-state index < -0.39 is 181 Å². The predicted octanol–water partition coefficient (Wildman–Crippen LogP) is -3.31. The van der Waals surface area contributed by atoms with Crippen molar-refractivity contribution in [1.29, 1.82) is 10.8 Å². The Hall–Kier alpha value is -12.1. The summed E-state index contributed by atoms with van der Waals surface area (Å²) in [5, 5.41) is 68.4. The van der Waals surface area contributed by atoms with E-state index in [-0.39, 0.29) is 95.9 Å². The first-order chi connectivity index (χ1) is 52.0. The summed E-state index contributed by atoms with van der Waals surface area (Å²) >= 11 is 4.17. The van der Waals surface area contributed by atoms with Crippen molar-refractivity contribution in [3.05, 3.63) is 121 Å². The van der Waals surface area contributed by atoms with E-state index in [0.29, 0.717) is 11.2 Å². The van der Waals surface area contributed by atoms with Gasteiger partial charge in [-0.1, -0.05) is 78.9 Å². The van der Waals surface area contributed by atoms with Gasteiger partial charge in [0.05, 0.1) is 13.0 Å². The number of guanidine groups is 2. The zero-order chi connectivity index (χ0) is 80.0. The lowest BCUT2D eigenvalue weighted by Gasteiger charge is -2.30. The van der Waals surface area contributed by atoms with Gasteiger partial charge in [-0.15, -0.1) is 13.2 Å². The molecular weight excluding hydrogens is 1440 g/mol. The number of hydrogen-bond acceptors (Lipinski definition) is 19. The molecule has 3 aromatic carbocycles. The first-order valence-electron chi connectivity index (χ1n) is 35.1. The normalized spacial score (nSPS) is 15.5. The summed E-state index contributed by atoms with van der Waals surface area (Å²) in [4.78, 5) is 195. The fraction of sp³-hybridized carbons (Fsp3) is 0.437. The van der Waals surface area contributed by atoms with Crippen LogP contribution in [-0.2, 0) is 73.5 Å². The molecule has 4 aromatic rings. The number of nitrogens with one attached hydrogen (secondary N) is 16. The van der Waals surface area contributed by atoms with Crippen LogP contribution in [-0.4, -0.2) is 227 Å². The van der Waals surface area contributed by atoms with Crippen LogP contribution in [0.2, 0.25) is 0 Å². The first kappa shape index (κ1) is 85.8. The average Bonchev–Trinajstić information content (AvgIpc) is 1.62. The number of amides is 13. The molecule has 0 spiro atoms. The van der Waals surface area contributed by atoms with E-state index in [1.807, 2.05) is 54.6 Å². The number of hydrogen-bond donors (Lipinski definition) is 22. The van der Waals surface area contributed by atoms with Crippen molar-refractivity contribution in [1.82, 2.24) is 79.0 Å². The van der Waals surface area contributed by atoms with Crippen molar-refractivity contribution in [2.24, 2.45) is 17.2 Å². The number of aliphatic carboxylic acids is 1. The number of thiol groups is 1. The number of nitrogens with zero attached hydrogens (tertiary/aromatic N) is 1. The molecule has 0 saturated carbocycles. The Morgan fingerprint density at radius 2 is 1.09 bits per heavy atom. The third kappa shape index (κ3) is 25.8. The van der Waals surface area contributed by atoms with Crippen LogP contribution in [0.25, 0.3) is 22.0 Å². The Morgan fingerprint density at radius 3 is 1.67 bits per heavy atom. The molecule has 2 heterocycles. The summed E-state index contributed by atoms with van der Waals surface area (Å²) in [6.07, 6.45) is 0.0903. The summed E-state index contributed by atoms with van der Waals surface area (Å²) < 4.78 is 5.49. The number of carbonyl (C=O) groups excluding carboxylic acids is 13. The highest BCUT2D eigenvalue weighted by Gasteiger charge is 2.42. The largest absolute Gasteiger partial charge is 0.481 e. The number of ether oxygens (including phenoxy) is 1. The van der Waals surface area contributed by atoms with Gasteiger partial charge in [0.1, 0.15) is 79.6 Å². The second-order valence-electron chi connectivity index (χ2n) is 25.8. The molecule has 1 aliphatic carbocycles. The Kier molecular flexibility index (Phi) is 33.3. The number of alkyl carbamates (subject to hydrolysis) is 1. The molecule has 2 unspecified atom stereocenters. The van der Waals surface area contributed by atoms with E-state index in [1.165, 1.54) is 26.0 Å². The van der Waals surface area contributed by atoms with Crippen LogP contribution in [0.15, 0.2) is 104 Å². The van der Waals surface area contributed by atoms with Crippen molar-refractivity contribution in [2.75, 3.05) is 45.1 Å². The van der Waals surface area contributed by atoms with Gasteiger partial charge in [0.25, 0.3) is 0 Å². The van der Waals surface area contributed by atoms with Crippen LogP contribution < -0.4 is 86.3 Å². The number of nitrogens with two attached hydrogens (primary N) is 3. The molecule has 1 saturated heterocycles. The van der Waals surface area contributed by atoms with E-state index in [1.54, 1.807) is 24.3 Å². The molecule has 6 rings (SSSR count). The first-order valence-corrected chi connectivity index (χ1v) is 35.7. The second-order valence-corrected chi connectivity index (χ2v) is 26.2. The minimum atomic E-state index is -1.95. The van der Waals surface area contributed by atoms with E-state index in [9.17, 15) is 77.3 Å². The molecule has 1 aliphatic heterocycles. The molecule has 2 aliphatic rings. The number of likely N-dealkylation sites (tertiary alicyclic amines) is 1. The number of primary amides is 1. The fourth-order valence-corrected chi connectivity index (χ4v) is 12.3. The SMILES string of the molecule is C=CC[C@H](NC(=O)CNC(=O)OCC1c2ccccc2-c2ccccc21)C(=O)N[C@@H](CS)C(=O)N[C@@H](CO)C(=O)N[C@@H](CC(=O)O)C(=O)N1CCCC1C(=O)N[C@@H](CCCNC(=N)N)C(=O)N[C@@H](CC=C)C(=O)N[C@@H](C)C(=O)N[C@@H](Cc1cc2ccccc2[nH]1)C(=O)N[C@@H](CCCNC(=N)N)C(=O)NC(C)C(N)=O. The summed E-state index contributed by atoms with van der Waals surface area (Å²) in [5.41, 5.74) is 21.4. The molecule has 0 radical (unpaired) electrons. The highest BCUT2D eigenvalue weighted by atomic mass is 32.1. The number of aromatic nitrogens is 1. The Labute approximate surface area is 632 Å². The van der Waals surface area contributed by atoms with Crippen LogP contribution in [0.4, 0.5) is 4.79 Å². The monoisotopic (exact) mass is 1530 g/mol. The topological polar surface area (TPSA) is 590 Å². The number of aliphatic hydroxyl groups excluding tert-OH is 1. The van der Waals surface area contributed by atoms with Crippen LogP contribution in [0.5, 0.6) is 0 Å². The lowest BCUT2D eigenvalue weighted by molar-refractivity contribution is -0.146. The van der Waals surface area contributed by atoms with Crippen molar-refractivity contribution >= 4 is 118 Å². The highest BCUT2D eigenvalue weighted by molar-refractivity contribution is 7.80. The zero-order valence-corrected chi connectivity index (χ0v) is 61.1. The predicted molar refractivity (Wildman–Crippen MR) is 401 cm³/mol. The summed E-state index contributed by atoms with van der Waals surface area (Å²) in [7, 11) is 0. The number of carbonyl (C=O) groups is 14. The van der Waals surface area contributed by atoms with Crippen molar-refractivity contribution in [3.8, 4) is 11.1 Å². The van der Waals surface area contributed by atoms with Gasteiger partial charge in [0, 0.05) is 48.9 Å². The van der Waals surface area contributed by atoms with Crippen molar-refractivity contribution in [3.63, 3.8) is 0 Å².